The van der Waals surface area contributed by atoms with E-state index in [0.29, 0.717) is 6.61 Å². The second-order valence-electron chi connectivity index (χ2n) is 7.04. The molecule has 0 aliphatic carbocycles. The van der Waals surface area contributed by atoms with Gasteiger partial charge in [-0.3, -0.25) is 4.99 Å². The summed E-state index contributed by atoms with van der Waals surface area (Å²) < 4.78 is 31.6. The van der Waals surface area contributed by atoms with Gasteiger partial charge in [0.05, 0.1) is 25.9 Å². The molecule has 6 atom stereocenters. The molecule has 0 unspecified atom stereocenters. The molecule has 144 valence electrons. The van der Waals surface area contributed by atoms with Gasteiger partial charge in [0.15, 0.2) is 5.17 Å². The molecule has 2 aliphatic heterocycles. The molecule has 1 saturated heterocycles. The van der Waals surface area contributed by atoms with Crippen molar-refractivity contribution in [2.24, 2.45) is 10.9 Å². The van der Waals surface area contributed by atoms with Crippen molar-refractivity contribution in [2.75, 3.05) is 21.2 Å². The summed E-state index contributed by atoms with van der Waals surface area (Å²) in [5.41, 5.74) is 0.848. The number of halogens is 1. The van der Waals surface area contributed by atoms with Crippen molar-refractivity contribution in [3.05, 3.63) is 29.8 Å². The Bertz CT molecular complexity index is 638. The average Bonchev–Trinajstić information content (AvgIpc) is 3.05. The molecule has 1 aromatic carbocycles. The minimum absolute atomic E-state index is 0.0830. The van der Waals surface area contributed by atoms with Gasteiger partial charge in [-0.1, -0.05) is 30.8 Å². The maximum Gasteiger partial charge on any atom is 0.161 e. The first-order valence-corrected chi connectivity index (χ1v) is 9.74. The number of nitrogens with zero attached hydrogens (tertiary/aromatic N) is 2. The van der Waals surface area contributed by atoms with E-state index in [9.17, 15) is 4.39 Å². The molecule has 1 fully saturated rings. The highest BCUT2D eigenvalue weighted by Gasteiger charge is 2.50. The second-order valence-corrected chi connectivity index (χ2v) is 8.11. The minimum atomic E-state index is -1.05. The normalized spacial score (nSPS) is 31.9. The Labute approximate surface area is 158 Å². The number of methoxy groups -OCH3 is 1. The highest BCUT2D eigenvalue weighted by atomic mass is 32.2. The molecule has 0 N–H and O–H groups in total. The molecular formula is C19H27FN2O3S. The van der Waals surface area contributed by atoms with Gasteiger partial charge in [-0.05, 0) is 24.6 Å². The summed E-state index contributed by atoms with van der Waals surface area (Å²) in [6.45, 7) is 3.99. The highest BCUT2D eigenvalue weighted by molar-refractivity contribution is 8.14. The number of rotatable bonds is 5. The molecule has 0 saturated carbocycles. The molecule has 0 radical (unpaired) electrons. The predicted octanol–water partition coefficient (Wildman–Crippen LogP) is 3.33. The first kappa shape index (κ1) is 19.5. The van der Waals surface area contributed by atoms with E-state index in [1.54, 1.807) is 25.8 Å². The Kier molecular flexibility index (Phi) is 6.10. The Morgan fingerprint density at radius 3 is 2.58 bits per heavy atom. The number of amidine groups is 1. The van der Waals surface area contributed by atoms with E-state index in [1.165, 1.54) is 0 Å². The van der Waals surface area contributed by atoms with Crippen LogP contribution in [-0.2, 0) is 16.1 Å². The molecular weight excluding hydrogens is 355 g/mol. The Morgan fingerprint density at radius 1 is 1.31 bits per heavy atom. The molecule has 0 aromatic heterocycles. The molecule has 3 rings (SSSR count). The summed E-state index contributed by atoms with van der Waals surface area (Å²) in [4.78, 5) is 6.75. The third-order valence-electron chi connectivity index (χ3n) is 4.86. The van der Waals surface area contributed by atoms with E-state index in [4.69, 9.17) is 19.2 Å². The highest BCUT2D eigenvalue weighted by Crippen LogP contribution is 2.41. The predicted molar refractivity (Wildman–Crippen MR) is 102 cm³/mol. The number of fused-ring (bicyclic) bond motifs is 1. The first-order chi connectivity index (χ1) is 12.4. The number of benzene rings is 1. The SMILES string of the molecule is COc1ccc(CO[C@H]2[C@H](C)[C@@H]([C@H](C)F)O[C@@H]3SC(N(C)C)=N[C@H]23)cc1. The zero-order chi connectivity index (χ0) is 18.8. The summed E-state index contributed by atoms with van der Waals surface area (Å²) in [5.74, 6) is 0.729. The van der Waals surface area contributed by atoms with E-state index in [0.717, 1.165) is 16.5 Å². The lowest BCUT2D eigenvalue weighted by Gasteiger charge is -2.42. The number of aliphatic imine (C=N–C) groups is 1. The number of thioether (sulfide) groups is 1. The lowest BCUT2D eigenvalue weighted by Crippen LogP contribution is -2.53. The van der Waals surface area contributed by atoms with Gasteiger partial charge in [-0.25, -0.2) is 4.39 Å². The maximum atomic E-state index is 14.1. The van der Waals surface area contributed by atoms with Crippen molar-refractivity contribution in [2.45, 2.75) is 50.3 Å². The van der Waals surface area contributed by atoms with Crippen LogP contribution in [0.2, 0.25) is 0 Å². The summed E-state index contributed by atoms with van der Waals surface area (Å²) in [6.07, 6.45) is -1.73. The van der Waals surface area contributed by atoms with E-state index in [-0.39, 0.29) is 23.5 Å². The number of hydrogen-bond donors (Lipinski definition) is 0. The number of ether oxygens (including phenoxy) is 3. The standard InChI is InChI=1S/C19H27FN2O3S/c1-11-16(12(2)20)25-18-15(21-19(26-18)22(3)4)17(11)24-10-13-6-8-14(23-5)9-7-13/h6-9,11-12,15-18H,10H2,1-5H3/t11-,12+,15-,16+,17+,18-/m1/s1. The van der Waals surface area contributed by atoms with Gasteiger partial charge < -0.3 is 19.1 Å². The fourth-order valence-electron chi connectivity index (χ4n) is 3.42. The van der Waals surface area contributed by atoms with Gasteiger partial charge in [0.2, 0.25) is 0 Å². The first-order valence-electron chi connectivity index (χ1n) is 8.86. The van der Waals surface area contributed by atoms with Crippen LogP contribution in [0.4, 0.5) is 4.39 Å². The van der Waals surface area contributed by atoms with Crippen LogP contribution in [0.25, 0.3) is 0 Å². The third-order valence-corrected chi connectivity index (χ3v) is 6.16. The van der Waals surface area contributed by atoms with Crippen LogP contribution in [0.3, 0.4) is 0 Å². The fourth-order valence-corrected chi connectivity index (χ4v) is 4.56. The van der Waals surface area contributed by atoms with Crippen LogP contribution in [0.1, 0.15) is 19.4 Å². The van der Waals surface area contributed by atoms with Gasteiger partial charge >= 0.3 is 0 Å². The van der Waals surface area contributed by atoms with Gasteiger partial charge in [0.25, 0.3) is 0 Å². The lowest BCUT2D eigenvalue weighted by atomic mass is 9.88. The van der Waals surface area contributed by atoms with Crippen molar-refractivity contribution in [3.8, 4) is 5.75 Å². The largest absolute Gasteiger partial charge is 0.497 e. The minimum Gasteiger partial charge on any atom is -0.497 e. The maximum absolute atomic E-state index is 14.1. The summed E-state index contributed by atoms with van der Waals surface area (Å²) in [7, 11) is 5.55. The van der Waals surface area contributed by atoms with Gasteiger partial charge in [-0.15, -0.1) is 0 Å². The number of alkyl halides is 1. The van der Waals surface area contributed by atoms with Gasteiger partial charge in [0, 0.05) is 20.0 Å². The topological polar surface area (TPSA) is 43.3 Å². The zero-order valence-corrected chi connectivity index (χ0v) is 16.7. The van der Waals surface area contributed by atoms with E-state index in [1.807, 2.05) is 50.2 Å². The van der Waals surface area contributed by atoms with Crippen molar-refractivity contribution in [1.82, 2.24) is 4.90 Å². The molecule has 2 aliphatic rings. The Morgan fingerprint density at radius 2 is 2.00 bits per heavy atom. The van der Waals surface area contributed by atoms with Crippen LogP contribution in [-0.4, -0.2) is 61.1 Å². The summed E-state index contributed by atoms with van der Waals surface area (Å²) in [6, 6.07) is 7.66. The Hall–Kier alpha value is -1.31. The second kappa shape index (κ2) is 8.15. The molecule has 0 amide bonds. The monoisotopic (exact) mass is 382 g/mol. The van der Waals surface area contributed by atoms with E-state index >= 15 is 0 Å². The molecule has 0 spiro atoms. The van der Waals surface area contributed by atoms with Crippen LogP contribution < -0.4 is 4.74 Å². The molecule has 5 nitrogen and oxygen atoms in total. The number of hydrogen-bond acceptors (Lipinski definition) is 6. The molecule has 1 aromatic rings. The smallest absolute Gasteiger partial charge is 0.161 e. The Balaban J connectivity index is 1.75. The van der Waals surface area contributed by atoms with Gasteiger partial charge in [0.1, 0.15) is 23.4 Å². The van der Waals surface area contributed by atoms with Crippen LogP contribution in [0.15, 0.2) is 29.3 Å². The fraction of sp³-hybridized carbons (Fsp3) is 0.632. The molecule has 0 bridgehead atoms. The summed E-state index contributed by atoms with van der Waals surface area (Å²) in [5, 5.41) is 0.900. The van der Waals surface area contributed by atoms with Crippen molar-refractivity contribution in [1.29, 1.82) is 0 Å². The molecule has 2 heterocycles. The van der Waals surface area contributed by atoms with Crippen LogP contribution in [0, 0.1) is 5.92 Å². The quantitative estimate of drug-likeness (QED) is 0.782. The van der Waals surface area contributed by atoms with Gasteiger partial charge in [-0.2, -0.15) is 0 Å². The summed E-state index contributed by atoms with van der Waals surface area (Å²) >= 11 is 1.55. The third kappa shape index (κ3) is 4.00. The van der Waals surface area contributed by atoms with Crippen LogP contribution >= 0.6 is 11.8 Å². The van der Waals surface area contributed by atoms with E-state index < -0.39 is 12.3 Å². The van der Waals surface area contributed by atoms with Crippen molar-refractivity contribution >= 4 is 16.9 Å². The average molecular weight is 383 g/mol. The van der Waals surface area contributed by atoms with E-state index in [2.05, 4.69) is 0 Å². The molecule has 7 heteroatoms. The zero-order valence-electron chi connectivity index (χ0n) is 15.9. The van der Waals surface area contributed by atoms with Crippen LogP contribution in [0.5, 0.6) is 5.75 Å². The van der Waals surface area contributed by atoms with Crippen molar-refractivity contribution < 1.29 is 18.6 Å². The molecule has 26 heavy (non-hydrogen) atoms. The van der Waals surface area contributed by atoms with Crippen molar-refractivity contribution in [3.63, 3.8) is 0 Å². The lowest BCUT2D eigenvalue weighted by molar-refractivity contribution is -0.154.